The highest BCUT2D eigenvalue weighted by Crippen LogP contribution is 2.30. The van der Waals surface area contributed by atoms with Gasteiger partial charge in [-0.3, -0.25) is 4.79 Å². The van der Waals surface area contributed by atoms with Crippen molar-refractivity contribution in [1.82, 2.24) is 14.9 Å². The first-order chi connectivity index (χ1) is 14.0. The maximum absolute atomic E-state index is 12.8. The van der Waals surface area contributed by atoms with Gasteiger partial charge in [0.2, 0.25) is 5.91 Å². The van der Waals surface area contributed by atoms with Gasteiger partial charge in [0.15, 0.2) is 0 Å². The van der Waals surface area contributed by atoms with Crippen LogP contribution in [-0.4, -0.2) is 59.0 Å². The van der Waals surface area contributed by atoms with Gasteiger partial charge < -0.3 is 20.9 Å². The predicted octanol–water partition coefficient (Wildman–Crippen LogP) is 2.10. The summed E-state index contributed by atoms with van der Waals surface area (Å²) in [6.07, 6.45) is 4.19. The van der Waals surface area contributed by atoms with E-state index in [-0.39, 0.29) is 5.91 Å². The third-order valence-electron chi connectivity index (χ3n) is 5.71. The average Bonchev–Trinajstić information content (AvgIpc) is 2.74. The van der Waals surface area contributed by atoms with E-state index in [1.807, 2.05) is 29.2 Å². The fraction of sp³-hybridized carbons (Fsp3) is 0.476. The van der Waals surface area contributed by atoms with Crippen LogP contribution in [-0.2, 0) is 17.6 Å². The second kappa shape index (κ2) is 8.55. The van der Waals surface area contributed by atoms with E-state index in [0.717, 1.165) is 43.1 Å². The van der Waals surface area contributed by atoms with Crippen LogP contribution in [0.25, 0.3) is 0 Å². The van der Waals surface area contributed by atoms with Crippen molar-refractivity contribution in [3.05, 3.63) is 46.7 Å². The van der Waals surface area contributed by atoms with Crippen LogP contribution in [0.1, 0.15) is 24.5 Å². The number of aromatic nitrogens is 2. The van der Waals surface area contributed by atoms with Crippen molar-refractivity contribution in [2.75, 3.05) is 36.4 Å². The molecule has 1 amide bonds. The van der Waals surface area contributed by atoms with Gasteiger partial charge in [0, 0.05) is 42.8 Å². The summed E-state index contributed by atoms with van der Waals surface area (Å²) in [5, 5.41) is 4.12. The molecule has 3 heterocycles. The number of amides is 1. The van der Waals surface area contributed by atoms with Crippen LogP contribution in [0, 0.1) is 0 Å². The van der Waals surface area contributed by atoms with Crippen molar-refractivity contribution in [2.24, 2.45) is 5.73 Å². The molecule has 1 fully saturated rings. The highest BCUT2D eigenvalue weighted by Gasteiger charge is 2.28. The molecule has 2 atom stereocenters. The molecule has 2 aliphatic heterocycles. The van der Waals surface area contributed by atoms with Gasteiger partial charge in [-0.2, -0.15) is 0 Å². The lowest BCUT2D eigenvalue weighted by molar-refractivity contribution is -0.132. The summed E-state index contributed by atoms with van der Waals surface area (Å²) >= 11 is 5.92. The van der Waals surface area contributed by atoms with Gasteiger partial charge in [-0.1, -0.05) is 23.7 Å². The molecule has 0 aliphatic carbocycles. The number of nitrogens with two attached hydrogens (primary N) is 1. The first-order valence-electron chi connectivity index (χ1n) is 10.2. The molecule has 1 aromatic heterocycles. The van der Waals surface area contributed by atoms with Crippen LogP contribution in [0.4, 0.5) is 11.6 Å². The minimum absolute atomic E-state index is 0.000178. The molecule has 1 unspecified atom stereocenters. The Kier molecular flexibility index (Phi) is 5.87. The van der Waals surface area contributed by atoms with Crippen molar-refractivity contribution in [3.63, 3.8) is 0 Å². The van der Waals surface area contributed by atoms with E-state index < -0.39 is 6.04 Å². The highest BCUT2D eigenvalue weighted by atomic mass is 35.5. The van der Waals surface area contributed by atoms with Gasteiger partial charge >= 0.3 is 0 Å². The molecule has 7 nitrogen and oxygen atoms in total. The third kappa shape index (κ3) is 4.46. The minimum atomic E-state index is -0.541. The van der Waals surface area contributed by atoms with Crippen LogP contribution in [0.5, 0.6) is 0 Å². The lowest BCUT2D eigenvalue weighted by atomic mass is 10.0. The number of piperazine rings is 1. The molecular weight excluding hydrogens is 388 g/mol. The molecule has 0 saturated carbocycles. The highest BCUT2D eigenvalue weighted by molar-refractivity contribution is 6.30. The number of hydrogen-bond acceptors (Lipinski definition) is 6. The van der Waals surface area contributed by atoms with Crippen molar-refractivity contribution < 1.29 is 4.79 Å². The van der Waals surface area contributed by atoms with Crippen molar-refractivity contribution in [3.8, 4) is 0 Å². The zero-order valence-corrected chi connectivity index (χ0v) is 17.4. The lowest BCUT2D eigenvalue weighted by Crippen LogP contribution is -2.54. The summed E-state index contributed by atoms with van der Waals surface area (Å²) in [7, 11) is 0. The smallest absolute Gasteiger partial charge is 0.239 e. The second-order valence-electron chi connectivity index (χ2n) is 7.86. The van der Waals surface area contributed by atoms with Crippen molar-refractivity contribution >= 4 is 29.1 Å². The molecule has 4 rings (SSSR count). The summed E-state index contributed by atoms with van der Waals surface area (Å²) in [6.45, 7) is 4.96. The third-order valence-corrected chi connectivity index (χ3v) is 5.96. The van der Waals surface area contributed by atoms with Crippen LogP contribution < -0.4 is 16.0 Å². The fourth-order valence-corrected chi connectivity index (χ4v) is 4.16. The van der Waals surface area contributed by atoms with Crippen molar-refractivity contribution in [2.45, 2.75) is 38.3 Å². The number of benzene rings is 1. The summed E-state index contributed by atoms with van der Waals surface area (Å²) in [5.74, 6) is 1.93. The zero-order valence-electron chi connectivity index (χ0n) is 16.6. The summed E-state index contributed by atoms with van der Waals surface area (Å²) < 4.78 is 0. The maximum atomic E-state index is 12.8. The molecular formula is C21H27ClN6O. The first kappa shape index (κ1) is 19.9. The largest absolute Gasteiger partial charge is 0.367 e. The van der Waals surface area contributed by atoms with Crippen LogP contribution >= 0.6 is 11.6 Å². The van der Waals surface area contributed by atoms with Gasteiger partial charge in [-0.25, -0.2) is 9.97 Å². The van der Waals surface area contributed by atoms with E-state index in [9.17, 15) is 4.79 Å². The lowest BCUT2D eigenvalue weighted by Gasteiger charge is -2.38. The maximum Gasteiger partial charge on any atom is 0.239 e. The number of nitrogens with one attached hydrogen (secondary N) is 1. The SMILES string of the molecule is CC1CCc2c(ncnc2N2CCN(C(=O)[C@H](N)Cc3ccc(Cl)cc3)CC2)N1. The van der Waals surface area contributed by atoms with Crippen LogP contribution in [0.3, 0.4) is 0 Å². The number of fused-ring (bicyclic) bond motifs is 1. The molecule has 2 aromatic rings. The molecule has 1 saturated heterocycles. The molecule has 0 spiro atoms. The van der Waals surface area contributed by atoms with E-state index in [2.05, 4.69) is 27.1 Å². The number of carbonyl (C=O) groups excluding carboxylic acids is 1. The molecule has 8 heteroatoms. The Bertz CT molecular complexity index is 866. The van der Waals surface area contributed by atoms with E-state index in [1.54, 1.807) is 6.33 Å². The number of anilines is 2. The number of hydrogen-bond donors (Lipinski definition) is 2. The zero-order chi connectivity index (χ0) is 20.4. The van der Waals surface area contributed by atoms with E-state index in [4.69, 9.17) is 17.3 Å². The van der Waals surface area contributed by atoms with Gasteiger partial charge in [0.1, 0.15) is 18.0 Å². The van der Waals surface area contributed by atoms with Crippen molar-refractivity contribution in [1.29, 1.82) is 0 Å². The Hall–Kier alpha value is -2.38. The Balaban J connectivity index is 1.36. The minimum Gasteiger partial charge on any atom is -0.367 e. The summed E-state index contributed by atoms with van der Waals surface area (Å²) in [5.41, 5.74) is 8.40. The molecule has 1 aromatic carbocycles. The Morgan fingerprint density at radius 1 is 1.24 bits per heavy atom. The molecule has 29 heavy (non-hydrogen) atoms. The Morgan fingerprint density at radius 2 is 1.97 bits per heavy atom. The monoisotopic (exact) mass is 414 g/mol. The van der Waals surface area contributed by atoms with Gasteiger partial charge in [0.05, 0.1) is 6.04 Å². The summed E-state index contributed by atoms with van der Waals surface area (Å²) in [4.78, 5) is 25.9. The number of nitrogens with zero attached hydrogens (tertiary/aromatic N) is 4. The number of halogens is 1. The summed E-state index contributed by atoms with van der Waals surface area (Å²) in [6, 6.07) is 7.37. The Labute approximate surface area is 176 Å². The molecule has 3 N–H and O–H groups in total. The topological polar surface area (TPSA) is 87.4 Å². The standard InChI is InChI=1S/C21H27ClN6O/c1-14-2-7-17-19(26-14)24-13-25-20(17)27-8-10-28(11-9-27)21(29)18(23)12-15-3-5-16(22)6-4-15/h3-6,13-14,18H,2,7-12,23H2,1H3,(H,24,25,26)/t14?,18-/m1/s1. The van der Waals surface area contributed by atoms with Crippen LogP contribution in [0.15, 0.2) is 30.6 Å². The van der Waals surface area contributed by atoms with E-state index in [1.165, 1.54) is 5.56 Å². The number of rotatable bonds is 4. The number of carbonyl (C=O) groups is 1. The Morgan fingerprint density at radius 3 is 2.69 bits per heavy atom. The average molecular weight is 415 g/mol. The molecule has 154 valence electrons. The van der Waals surface area contributed by atoms with E-state index in [0.29, 0.717) is 30.6 Å². The first-order valence-corrected chi connectivity index (χ1v) is 10.5. The van der Waals surface area contributed by atoms with Crippen LogP contribution in [0.2, 0.25) is 5.02 Å². The quantitative estimate of drug-likeness (QED) is 0.796. The van der Waals surface area contributed by atoms with Gasteiger partial charge in [-0.05, 0) is 43.9 Å². The predicted molar refractivity (Wildman–Crippen MR) is 115 cm³/mol. The second-order valence-corrected chi connectivity index (χ2v) is 8.29. The fourth-order valence-electron chi connectivity index (χ4n) is 4.03. The molecule has 0 bridgehead atoms. The normalized spacial score (nSPS) is 20.0. The molecule has 0 radical (unpaired) electrons. The van der Waals surface area contributed by atoms with Gasteiger partial charge in [-0.15, -0.1) is 0 Å². The van der Waals surface area contributed by atoms with E-state index >= 15 is 0 Å². The van der Waals surface area contributed by atoms with Gasteiger partial charge in [0.25, 0.3) is 0 Å². The molecule has 2 aliphatic rings.